The third-order valence-electron chi connectivity index (χ3n) is 5.80. The molecule has 0 aliphatic rings. The molecule has 0 heterocycles. The molecule has 0 saturated carbocycles. The van der Waals surface area contributed by atoms with Crippen LogP contribution in [-0.2, 0) is 0 Å². The molecule has 0 spiro atoms. The van der Waals surface area contributed by atoms with Crippen molar-refractivity contribution >= 4 is 25.8 Å². The van der Waals surface area contributed by atoms with E-state index in [1.165, 1.54) is 44.5 Å². The van der Waals surface area contributed by atoms with Crippen molar-refractivity contribution in [1.82, 2.24) is 0 Å². The fourth-order valence-electron chi connectivity index (χ4n) is 4.40. The molecule has 0 aromatic heterocycles. The Morgan fingerprint density at radius 2 is 0.818 bits per heavy atom. The van der Waals surface area contributed by atoms with Crippen molar-refractivity contribution in [3.63, 3.8) is 0 Å². The molecule has 0 amide bonds. The van der Waals surface area contributed by atoms with Crippen molar-refractivity contribution in [2.75, 3.05) is 0 Å². The van der Waals surface area contributed by atoms with Crippen LogP contribution in [0.15, 0.2) is 127 Å². The van der Waals surface area contributed by atoms with Crippen LogP contribution in [0.25, 0.3) is 44.5 Å². The third-order valence-corrected chi connectivity index (χ3v) is 6.28. The quantitative estimate of drug-likeness (QED) is 0.143. The Kier molecular flexibility index (Phi) is 6.51. The average Bonchev–Trinajstić information content (AvgIpc) is 2.90. The van der Waals surface area contributed by atoms with Gasteiger partial charge >= 0.3 is 213 Å². The van der Waals surface area contributed by atoms with Crippen molar-refractivity contribution in [3.05, 3.63) is 133 Å². The summed E-state index contributed by atoms with van der Waals surface area (Å²) in [6.45, 7) is 0. The van der Waals surface area contributed by atoms with Crippen molar-refractivity contribution in [3.8, 4) is 53.9 Å². The molecule has 0 aliphatic heterocycles. The summed E-state index contributed by atoms with van der Waals surface area (Å²) in [6, 6.07) is 45.1. The minimum absolute atomic E-state index is 0.833. The van der Waals surface area contributed by atoms with Crippen molar-refractivity contribution in [2.45, 2.75) is 0 Å². The van der Waals surface area contributed by atoms with E-state index < -0.39 is 0 Å². The van der Waals surface area contributed by atoms with Gasteiger partial charge in [0, 0.05) is 0 Å². The molecule has 0 radical (unpaired) electrons. The fourth-order valence-corrected chi connectivity index (χ4v) is 4.92. The predicted molar refractivity (Wildman–Crippen MR) is 141 cm³/mol. The van der Waals surface area contributed by atoms with Crippen LogP contribution in [-0.4, -0.2) is 25.8 Å². The Morgan fingerprint density at radius 3 is 1.27 bits per heavy atom. The number of rotatable bonds is 4. The summed E-state index contributed by atoms with van der Waals surface area (Å²) in [5, 5.41) is 0. The topological polar surface area (TPSA) is 0 Å². The maximum absolute atomic E-state index is 3.49. The summed E-state index contributed by atoms with van der Waals surface area (Å²) in [7, 11) is 0. The number of hydrogen-bond donors (Lipinski definition) is 0. The van der Waals surface area contributed by atoms with Crippen molar-refractivity contribution < 1.29 is 0 Å². The second-order valence-electron chi connectivity index (χ2n) is 7.81. The summed E-state index contributed by atoms with van der Waals surface area (Å²) in [4.78, 5) is 0. The van der Waals surface area contributed by atoms with Crippen LogP contribution in [0, 0.1) is 9.40 Å². The molecule has 0 aliphatic carbocycles. The summed E-state index contributed by atoms with van der Waals surface area (Å²) >= 11 is 0.833. The van der Waals surface area contributed by atoms with Gasteiger partial charge in [0.2, 0.25) is 0 Å². The van der Waals surface area contributed by atoms with Gasteiger partial charge in [-0.1, -0.05) is 0 Å². The molecule has 0 bridgehead atoms. The summed E-state index contributed by atoms with van der Waals surface area (Å²) in [5.41, 5.74) is 10.7. The van der Waals surface area contributed by atoms with Crippen LogP contribution in [0.5, 0.6) is 0 Å². The molecular weight excluding hydrogens is 592 g/mol. The first-order chi connectivity index (χ1) is 16.4. The maximum atomic E-state index is 3.49. The van der Waals surface area contributed by atoms with Crippen LogP contribution in [0.3, 0.4) is 0 Å². The van der Waals surface area contributed by atoms with E-state index in [2.05, 4.69) is 137 Å². The van der Waals surface area contributed by atoms with Crippen LogP contribution in [0.4, 0.5) is 0 Å². The van der Waals surface area contributed by atoms with Gasteiger partial charge in [-0.05, 0) is 0 Å². The Labute approximate surface area is 211 Å². The molecule has 150 valence electrons. The zero-order valence-electron chi connectivity index (χ0n) is 18.1. The third kappa shape index (κ3) is 4.42. The van der Waals surface area contributed by atoms with Crippen LogP contribution < -0.4 is 0 Å². The summed E-state index contributed by atoms with van der Waals surface area (Å²) < 4.78 is 3.30. The molecule has 33 heavy (non-hydrogen) atoms. The second kappa shape index (κ2) is 10.0. The van der Waals surface area contributed by atoms with Crippen LogP contribution >= 0.6 is 0 Å². The molecule has 1 heteroatoms. The zero-order chi connectivity index (χ0) is 22.5. The van der Waals surface area contributed by atoms with Crippen LogP contribution in [0.1, 0.15) is 5.56 Å². The molecule has 0 fully saturated rings. The van der Waals surface area contributed by atoms with E-state index in [1.807, 2.05) is 0 Å². The summed E-state index contributed by atoms with van der Waals surface area (Å²) in [6.07, 6.45) is 0. The first-order valence-electron chi connectivity index (χ1n) is 11.0. The molecule has 0 unspecified atom stereocenters. The van der Waals surface area contributed by atoms with Gasteiger partial charge in [0.1, 0.15) is 0 Å². The average molecular weight is 613 g/mol. The van der Waals surface area contributed by atoms with E-state index in [0.29, 0.717) is 0 Å². The van der Waals surface area contributed by atoms with Gasteiger partial charge < -0.3 is 0 Å². The molecule has 5 aromatic rings. The number of benzene rings is 5. The van der Waals surface area contributed by atoms with Crippen LogP contribution in [0.2, 0.25) is 0 Å². The minimum atomic E-state index is 0.833. The van der Waals surface area contributed by atoms with Crippen molar-refractivity contribution in [1.29, 1.82) is 0 Å². The van der Waals surface area contributed by atoms with E-state index in [9.17, 15) is 0 Å². The SMILES string of the molecule is [Pb+3][C]#Cc1cc(-c2ccccc2)c(-c2ccccc2)c(-c2ccccc2)c1-c1ccccc1. The molecule has 5 aromatic carbocycles. The monoisotopic (exact) mass is 613 g/mol. The fraction of sp³-hybridized carbons (Fsp3) is 0. The Bertz CT molecular complexity index is 1430. The molecule has 5 rings (SSSR count). The molecule has 0 saturated heterocycles. The second-order valence-corrected chi connectivity index (χ2v) is 8.78. The van der Waals surface area contributed by atoms with E-state index in [4.69, 9.17) is 0 Å². The van der Waals surface area contributed by atoms with Crippen molar-refractivity contribution in [2.24, 2.45) is 0 Å². The Morgan fingerprint density at radius 1 is 0.424 bits per heavy atom. The van der Waals surface area contributed by atoms with Gasteiger partial charge in [0.15, 0.2) is 0 Å². The molecule has 0 nitrogen and oxygen atoms in total. The zero-order valence-corrected chi connectivity index (χ0v) is 22.0. The van der Waals surface area contributed by atoms with Gasteiger partial charge in [0.05, 0.1) is 0 Å². The van der Waals surface area contributed by atoms with E-state index in [0.717, 1.165) is 31.3 Å². The van der Waals surface area contributed by atoms with Gasteiger partial charge in [-0.3, -0.25) is 0 Å². The Hall–Kier alpha value is -3.42. The first-order valence-corrected chi connectivity index (χ1v) is 12.9. The predicted octanol–water partition coefficient (Wildman–Crippen LogP) is 7.83. The van der Waals surface area contributed by atoms with E-state index in [1.54, 1.807) is 0 Å². The molecule has 0 N–H and O–H groups in total. The van der Waals surface area contributed by atoms with Gasteiger partial charge in [0.25, 0.3) is 0 Å². The molecular formula is C32H21Pb+3. The summed E-state index contributed by atoms with van der Waals surface area (Å²) in [5.74, 6) is 3.49. The first kappa shape index (κ1) is 21.4. The standard InChI is InChI=1S/C32H21.Pb/c1-2-24-23-29(25-15-7-3-8-16-25)31(27-19-11-5-12-20-27)32(28-21-13-6-14-22-28)30(24)26-17-9-4-10-18-26;/h3-23H;/q;+3. The van der Waals surface area contributed by atoms with Gasteiger partial charge in [-0.2, -0.15) is 0 Å². The number of hydrogen-bond acceptors (Lipinski definition) is 0. The van der Waals surface area contributed by atoms with E-state index >= 15 is 0 Å². The van der Waals surface area contributed by atoms with Gasteiger partial charge in [-0.25, -0.2) is 0 Å². The van der Waals surface area contributed by atoms with E-state index in [-0.39, 0.29) is 0 Å². The normalized spacial score (nSPS) is 10.4. The van der Waals surface area contributed by atoms with Gasteiger partial charge in [-0.15, -0.1) is 0 Å². The molecule has 0 atom stereocenters. The Balaban J connectivity index is 2.00.